The average Bonchev–Trinajstić information content (AvgIpc) is 3.36. The molecule has 1 heterocycles. The lowest BCUT2D eigenvalue weighted by atomic mass is 9.93. The van der Waals surface area contributed by atoms with Gasteiger partial charge in [-0.25, -0.2) is 9.37 Å². The van der Waals surface area contributed by atoms with Gasteiger partial charge >= 0.3 is 5.97 Å². The van der Waals surface area contributed by atoms with Gasteiger partial charge in [0.1, 0.15) is 11.4 Å². The lowest BCUT2D eigenvalue weighted by molar-refractivity contribution is -0.154. The highest BCUT2D eigenvalue weighted by Crippen LogP contribution is 2.30. The van der Waals surface area contributed by atoms with Crippen molar-refractivity contribution in [1.82, 2.24) is 4.98 Å². The van der Waals surface area contributed by atoms with Crippen LogP contribution in [0.25, 0.3) is 11.1 Å². The Hall–Kier alpha value is -3.55. The fourth-order valence-corrected chi connectivity index (χ4v) is 5.47. The van der Waals surface area contributed by atoms with E-state index in [1.54, 1.807) is 17.4 Å². The van der Waals surface area contributed by atoms with Crippen LogP contribution in [-0.4, -0.2) is 16.6 Å². The minimum Gasteiger partial charge on any atom is -0.460 e. The zero-order valence-electron chi connectivity index (χ0n) is 26.8. The van der Waals surface area contributed by atoms with Crippen LogP contribution in [0.3, 0.4) is 0 Å². The first kappa shape index (κ1) is 33.9. The summed E-state index contributed by atoms with van der Waals surface area (Å²) in [5.41, 5.74) is 8.62. The molecule has 0 saturated carbocycles. The molecule has 230 valence electrons. The van der Waals surface area contributed by atoms with Gasteiger partial charge in [-0.3, -0.25) is 4.79 Å². The van der Waals surface area contributed by atoms with E-state index in [9.17, 15) is 9.18 Å². The highest BCUT2D eigenvalue weighted by molar-refractivity contribution is 7.09. The molecule has 0 aliphatic carbocycles. The number of carbonyl (C=O) groups is 1. The summed E-state index contributed by atoms with van der Waals surface area (Å²) in [6.45, 7) is 17.3. The Morgan fingerprint density at radius 3 is 2.30 bits per heavy atom. The normalized spacial score (nSPS) is 11.1. The van der Waals surface area contributed by atoms with E-state index in [0.29, 0.717) is 37.4 Å². The molecule has 0 radical (unpaired) electrons. The van der Waals surface area contributed by atoms with E-state index in [0.717, 1.165) is 27.4 Å². The maximum atomic E-state index is 14.7. The van der Waals surface area contributed by atoms with Crippen LogP contribution in [0.4, 0.5) is 10.1 Å². The number of benzene rings is 3. The molecule has 0 amide bonds. The topological polar surface area (TPSA) is 60.5 Å². The first-order valence-corrected chi connectivity index (χ1v) is 15.8. The standard InChI is InChI=1S/C34H39FN2O3S.C2H6/c1-22-14-26(19-39-20-30-21-41-24(3)37-30)15-23(2)33(22)28-9-7-8-25(16-28)18-36-29-12-10-27(31(35)17-29)11-13-32(38)40-34(4,5)6;1-2/h7-10,12,14-17,21,36H,11,13,18-20H2,1-6H3;1-2H3. The average molecular weight is 605 g/mol. The minimum absolute atomic E-state index is 0.146. The number of aryl methyl sites for hydroxylation is 4. The summed E-state index contributed by atoms with van der Waals surface area (Å²) in [5, 5.41) is 6.42. The lowest BCUT2D eigenvalue weighted by Crippen LogP contribution is -2.24. The molecule has 7 heteroatoms. The molecule has 0 bridgehead atoms. The van der Waals surface area contributed by atoms with Gasteiger partial charge in [0.25, 0.3) is 0 Å². The number of hydrogen-bond donors (Lipinski definition) is 1. The Bertz CT molecular complexity index is 1480. The molecule has 4 rings (SSSR count). The van der Waals surface area contributed by atoms with Crippen LogP contribution in [0, 0.1) is 26.6 Å². The van der Waals surface area contributed by atoms with Crippen molar-refractivity contribution in [2.75, 3.05) is 5.32 Å². The maximum absolute atomic E-state index is 14.7. The predicted molar refractivity (Wildman–Crippen MR) is 176 cm³/mol. The Morgan fingerprint density at radius 2 is 1.67 bits per heavy atom. The van der Waals surface area contributed by atoms with E-state index in [2.05, 4.69) is 60.5 Å². The van der Waals surface area contributed by atoms with E-state index < -0.39 is 5.60 Å². The second kappa shape index (κ2) is 15.8. The number of nitrogens with zero attached hydrogens (tertiary/aromatic N) is 1. The Kier molecular flexibility index (Phi) is 12.5. The largest absolute Gasteiger partial charge is 0.460 e. The SMILES string of the molecule is CC.Cc1nc(COCc2cc(C)c(-c3cccc(CNc4ccc(CCC(=O)OC(C)(C)C)c(F)c4)c3)c(C)c2)cs1. The smallest absolute Gasteiger partial charge is 0.306 e. The number of aromatic nitrogens is 1. The van der Waals surface area contributed by atoms with Crippen LogP contribution in [0.15, 0.2) is 60.0 Å². The minimum atomic E-state index is -0.544. The van der Waals surface area contributed by atoms with Gasteiger partial charge in [0.05, 0.1) is 23.9 Å². The number of carbonyl (C=O) groups excluding carboxylic acids is 1. The molecule has 0 aliphatic heterocycles. The van der Waals surface area contributed by atoms with E-state index >= 15 is 0 Å². The van der Waals surface area contributed by atoms with Crippen LogP contribution in [-0.2, 0) is 40.4 Å². The van der Waals surface area contributed by atoms with Gasteiger partial charge in [0.2, 0.25) is 0 Å². The highest BCUT2D eigenvalue weighted by atomic mass is 32.1. The third-order valence-electron chi connectivity index (χ3n) is 6.56. The fourth-order valence-electron chi connectivity index (χ4n) is 4.87. The van der Waals surface area contributed by atoms with Crippen molar-refractivity contribution in [3.05, 3.63) is 104 Å². The summed E-state index contributed by atoms with van der Waals surface area (Å²) in [5.74, 6) is -0.654. The van der Waals surface area contributed by atoms with Crippen LogP contribution in [0.5, 0.6) is 0 Å². The molecule has 5 nitrogen and oxygen atoms in total. The monoisotopic (exact) mass is 604 g/mol. The predicted octanol–water partition coefficient (Wildman–Crippen LogP) is 9.50. The summed E-state index contributed by atoms with van der Waals surface area (Å²) in [6, 6.07) is 17.9. The van der Waals surface area contributed by atoms with Crippen molar-refractivity contribution in [1.29, 1.82) is 0 Å². The number of halogens is 1. The number of ether oxygens (including phenoxy) is 2. The molecule has 0 atom stereocenters. The number of esters is 1. The molecule has 0 saturated heterocycles. The molecular formula is C36H45FN2O3S. The van der Waals surface area contributed by atoms with Gasteiger partial charge in [-0.1, -0.05) is 50.2 Å². The summed E-state index contributed by atoms with van der Waals surface area (Å²) in [4.78, 5) is 16.4. The molecule has 0 spiro atoms. The quantitative estimate of drug-likeness (QED) is 0.173. The van der Waals surface area contributed by atoms with Crippen LogP contribution in [0.2, 0.25) is 0 Å². The van der Waals surface area contributed by atoms with Crippen LogP contribution >= 0.6 is 11.3 Å². The van der Waals surface area contributed by atoms with Gasteiger partial charge in [-0.2, -0.15) is 0 Å². The van der Waals surface area contributed by atoms with Gasteiger partial charge in [0.15, 0.2) is 0 Å². The number of nitrogens with one attached hydrogen (secondary N) is 1. The van der Waals surface area contributed by atoms with E-state index in [1.165, 1.54) is 22.8 Å². The molecular weight excluding hydrogens is 559 g/mol. The number of thiazole rings is 1. The van der Waals surface area contributed by atoms with Crippen LogP contribution in [0.1, 0.15) is 79.6 Å². The molecule has 43 heavy (non-hydrogen) atoms. The summed E-state index contributed by atoms with van der Waals surface area (Å²) >= 11 is 1.64. The first-order chi connectivity index (χ1) is 20.5. The van der Waals surface area contributed by atoms with Crippen molar-refractivity contribution in [3.8, 4) is 11.1 Å². The Labute approximate surface area is 260 Å². The summed E-state index contributed by atoms with van der Waals surface area (Å²) < 4.78 is 26.0. The zero-order valence-corrected chi connectivity index (χ0v) is 27.6. The molecule has 0 aliphatic rings. The fraction of sp³-hybridized carbons (Fsp3) is 0.389. The number of anilines is 1. The van der Waals surface area contributed by atoms with Crippen molar-refractivity contribution in [3.63, 3.8) is 0 Å². The molecule has 0 unspecified atom stereocenters. The van der Waals surface area contributed by atoms with Gasteiger partial charge in [0, 0.05) is 24.0 Å². The second-order valence-electron chi connectivity index (χ2n) is 11.4. The number of hydrogen-bond acceptors (Lipinski definition) is 6. The van der Waals surface area contributed by atoms with Crippen molar-refractivity contribution in [2.24, 2.45) is 0 Å². The second-order valence-corrected chi connectivity index (χ2v) is 12.5. The third kappa shape index (κ3) is 10.6. The van der Waals surface area contributed by atoms with Gasteiger partial charge in [-0.15, -0.1) is 11.3 Å². The maximum Gasteiger partial charge on any atom is 0.306 e. The van der Waals surface area contributed by atoms with Crippen molar-refractivity contribution >= 4 is 23.0 Å². The molecule has 0 fully saturated rings. The van der Waals surface area contributed by atoms with Crippen LogP contribution < -0.4 is 5.32 Å². The van der Waals surface area contributed by atoms with E-state index in [4.69, 9.17) is 9.47 Å². The molecule has 3 aromatic carbocycles. The molecule has 4 aromatic rings. The highest BCUT2D eigenvalue weighted by Gasteiger charge is 2.17. The van der Waals surface area contributed by atoms with E-state index in [-0.39, 0.29) is 18.2 Å². The van der Waals surface area contributed by atoms with Crippen molar-refractivity contribution in [2.45, 2.75) is 93.6 Å². The van der Waals surface area contributed by atoms with Gasteiger partial charge in [-0.05, 0) is 105 Å². The summed E-state index contributed by atoms with van der Waals surface area (Å²) in [7, 11) is 0. The third-order valence-corrected chi connectivity index (χ3v) is 7.38. The Morgan fingerprint density at radius 1 is 0.953 bits per heavy atom. The lowest BCUT2D eigenvalue weighted by Gasteiger charge is -2.19. The molecule has 1 aromatic heterocycles. The summed E-state index contributed by atoms with van der Waals surface area (Å²) in [6.07, 6.45) is 0.449. The van der Waals surface area contributed by atoms with E-state index in [1.807, 2.05) is 53.0 Å². The first-order valence-electron chi connectivity index (χ1n) is 14.9. The Balaban J connectivity index is 0.00000248. The zero-order chi connectivity index (χ0) is 31.6. The van der Waals surface area contributed by atoms with Crippen molar-refractivity contribution < 1.29 is 18.7 Å². The molecule has 1 N–H and O–H groups in total. The van der Waals surface area contributed by atoms with Gasteiger partial charge < -0.3 is 14.8 Å². The number of rotatable bonds is 11.